The van der Waals surface area contributed by atoms with Crippen LogP contribution in [0.2, 0.25) is 0 Å². The van der Waals surface area contributed by atoms with E-state index in [1.165, 1.54) is 22.6 Å². The quantitative estimate of drug-likeness (QED) is 0.699. The summed E-state index contributed by atoms with van der Waals surface area (Å²) in [6.45, 7) is 4.06. The average molecular weight is 396 g/mol. The Labute approximate surface area is 157 Å². The van der Waals surface area contributed by atoms with E-state index in [4.69, 9.17) is 4.74 Å². The van der Waals surface area contributed by atoms with Crippen molar-refractivity contribution in [1.82, 2.24) is 18.5 Å². The van der Waals surface area contributed by atoms with Gasteiger partial charge in [0.25, 0.3) is 0 Å². The Morgan fingerprint density at radius 2 is 1.85 bits per heavy atom. The normalized spacial score (nSPS) is 16.6. The van der Waals surface area contributed by atoms with Crippen molar-refractivity contribution in [2.45, 2.75) is 57.1 Å². The van der Waals surface area contributed by atoms with Crippen LogP contribution in [-0.2, 0) is 26.1 Å². The van der Waals surface area contributed by atoms with Crippen molar-refractivity contribution in [3.8, 4) is 0 Å². The third-order valence-electron chi connectivity index (χ3n) is 4.40. The number of carbonyl (C=O) groups excluding carboxylic acids is 1. The van der Waals surface area contributed by atoms with E-state index >= 15 is 0 Å². The van der Waals surface area contributed by atoms with Crippen LogP contribution in [-0.4, -0.2) is 52.1 Å². The van der Waals surface area contributed by atoms with Crippen molar-refractivity contribution in [2.24, 2.45) is 0 Å². The van der Waals surface area contributed by atoms with Crippen molar-refractivity contribution in [3.05, 3.63) is 28.8 Å². The van der Waals surface area contributed by atoms with Crippen LogP contribution in [0.15, 0.2) is 28.0 Å². The molecule has 148 valence electrons. The molecule has 0 saturated carbocycles. The first kappa shape index (κ1) is 19.6. The van der Waals surface area contributed by atoms with Crippen molar-refractivity contribution < 1.29 is 17.9 Å². The van der Waals surface area contributed by atoms with Gasteiger partial charge in [-0.2, -0.15) is 4.31 Å². The van der Waals surface area contributed by atoms with Gasteiger partial charge in [0.2, 0.25) is 10.0 Å². The van der Waals surface area contributed by atoms with Crippen molar-refractivity contribution in [3.63, 3.8) is 0 Å². The van der Waals surface area contributed by atoms with Crippen molar-refractivity contribution in [2.75, 3.05) is 13.1 Å². The van der Waals surface area contributed by atoms with Gasteiger partial charge in [0.05, 0.1) is 11.0 Å². The summed E-state index contributed by atoms with van der Waals surface area (Å²) in [5, 5.41) is 4.07. The summed E-state index contributed by atoms with van der Waals surface area (Å²) in [4.78, 5) is 24.3. The van der Waals surface area contributed by atoms with E-state index in [2.05, 4.69) is 5.10 Å². The molecule has 3 rings (SSSR count). The monoisotopic (exact) mass is 396 g/mol. The molecule has 1 aliphatic heterocycles. The number of nitrogens with zero attached hydrogens (tertiary/aromatic N) is 4. The van der Waals surface area contributed by atoms with Gasteiger partial charge in [-0.25, -0.2) is 22.3 Å². The molecule has 3 heterocycles. The van der Waals surface area contributed by atoms with Crippen LogP contribution in [0.3, 0.4) is 0 Å². The van der Waals surface area contributed by atoms with Gasteiger partial charge >= 0.3 is 11.7 Å². The molecule has 2 aromatic rings. The number of hydrogen-bond acceptors (Lipinski definition) is 6. The molecule has 0 radical (unpaired) electrons. The average Bonchev–Trinajstić information content (AvgIpc) is 2.80. The Balaban J connectivity index is 1.92. The molecule has 0 amide bonds. The standard InChI is InChI=1S/C17H24N4O5S/c1-13(2)26-16(22)12-21-17(23)20-11-14(7-8-15(20)18-21)27(24,25)19-9-5-3-4-6-10-19/h7-8,11,13H,3-6,9-10,12H2,1-2H3. The Kier molecular flexibility index (Phi) is 5.66. The van der Waals surface area contributed by atoms with E-state index in [0.29, 0.717) is 13.1 Å². The number of aromatic nitrogens is 3. The molecule has 0 N–H and O–H groups in total. The number of hydrogen-bond donors (Lipinski definition) is 0. The number of fused-ring (bicyclic) bond motifs is 1. The first-order chi connectivity index (χ1) is 12.8. The van der Waals surface area contributed by atoms with E-state index in [-0.39, 0.29) is 23.2 Å². The van der Waals surface area contributed by atoms with Gasteiger partial charge in [0.1, 0.15) is 6.54 Å². The Morgan fingerprint density at radius 1 is 1.19 bits per heavy atom. The summed E-state index contributed by atoms with van der Waals surface area (Å²) in [5.41, 5.74) is -0.314. The summed E-state index contributed by atoms with van der Waals surface area (Å²) in [5.74, 6) is -0.576. The van der Waals surface area contributed by atoms with Crippen LogP contribution in [0.25, 0.3) is 5.65 Å². The SMILES string of the molecule is CC(C)OC(=O)Cn1nc2ccc(S(=O)(=O)N3CCCCCC3)cn2c1=O. The Morgan fingerprint density at radius 3 is 2.48 bits per heavy atom. The first-order valence-corrected chi connectivity index (χ1v) is 10.5. The molecule has 0 aromatic carbocycles. The molecule has 1 fully saturated rings. The highest BCUT2D eigenvalue weighted by Gasteiger charge is 2.26. The van der Waals surface area contributed by atoms with Crippen LogP contribution in [0, 0.1) is 0 Å². The maximum Gasteiger partial charge on any atom is 0.350 e. The van der Waals surface area contributed by atoms with Gasteiger partial charge in [0, 0.05) is 19.3 Å². The molecule has 0 unspecified atom stereocenters. The smallest absolute Gasteiger partial charge is 0.350 e. The fraction of sp³-hybridized carbons (Fsp3) is 0.588. The molecule has 1 saturated heterocycles. The van der Waals surface area contributed by atoms with Gasteiger partial charge in [0.15, 0.2) is 5.65 Å². The van der Waals surface area contributed by atoms with E-state index in [0.717, 1.165) is 34.8 Å². The molecule has 0 spiro atoms. The highest BCUT2D eigenvalue weighted by atomic mass is 32.2. The number of pyridine rings is 1. The minimum absolute atomic E-state index is 0.0447. The second kappa shape index (κ2) is 7.81. The summed E-state index contributed by atoms with van der Waals surface area (Å²) >= 11 is 0. The largest absolute Gasteiger partial charge is 0.462 e. The number of rotatable bonds is 5. The first-order valence-electron chi connectivity index (χ1n) is 9.08. The van der Waals surface area contributed by atoms with Crippen LogP contribution in [0.5, 0.6) is 0 Å². The molecule has 10 heteroatoms. The maximum absolute atomic E-state index is 12.9. The molecule has 9 nitrogen and oxygen atoms in total. The number of carbonyl (C=O) groups is 1. The van der Waals surface area contributed by atoms with Crippen molar-refractivity contribution >= 4 is 21.6 Å². The van der Waals surface area contributed by atoms with Gasteiger partial charge in [-0.05, 0) is 38.8 Å². The third-order valence-corrected chi connectivity index (χ3v) is 6.28. The predicted molar refractivity (Wildman–Crippen MR) is 97.9 cm³/mol. The summed E-state index contributed by atoms with van der Waals surface area (Å²) in [7, 11) is -3.68. The summed E-state index contributed by atoms with van der Waals surface area (Å²) in [6.07, 6.45) is 4.67. The lowest BCUT2D eigenvalue weighted by atomic mass is 10.2. The predicted octanol–water partition coefficient (Wildman–Crippen LogP) is 1.01. The molecular formula is C17H24N4O5S. The van der Waals surface area contributed by atoms with E-state index in [1.54, 1.807) is 13.8 Å². The molecule has 1 aliphatic rings. The Bertz CT molecular complexity index is 984. The van der Waals surface area contributed by atoms with Gasteiger partial charge < -0.3 is 4.74 Å². The van der Waals surface area contributed by atoms with Gasteiger partial charge in [-0.1, -0.05) is 12.8 Å². The highest BCUT2D eigenvalue weighted by molar-refractivity contribution is 7.89. The van der Waals surface area contributed by atoms with E-state index in [1.807, 2.05) is 0 Å². The molecule has 27 heavy (non-hydrogen) atoms. The maximum atomic E-state index is 12.9. The van der Waals surface area contributed by atoms with Crippen molar-refractivity contribution in [1.29, 1.82) is 0 Å². The lowest BCUT2D eigenvalue weighted by molar-refractivity contribution is -0.148. The van der Waals surface area contributed by atoms with Crippen LogP contribution >= 0.6 is 0 Å². The highest BCUT2D eigenvalue weighted by Crippen LogP contribution is 2.20. The number of esters is 1. The molecule has 0 bridgehead atoms. The van der Waals surface area contributed by atoms with Gasteiger partial charge in [-0.3, -0.25) is 4.79 Å². The van der Waals surface area contributed by atoms with Crippen LogP contribution in [0.1, 0.15) is 39.5 Å². The lowest BCUT2D eigenvalue weighted by Gasteiger charge is -2.19. The lowest BCUT2D eigenvalue weighted by Crippen LogP contribution is -2.32. The molecule has 0 atom stereocenters. The zero-order valence-electron chi connectivity index (χ0n) is 15.5. The Hall–Kier alpha value is -2.20. The molecule has 0 aliphatic carbocycles. The minimum Gasteiger partial charge on any atom is -0.462 e. The molecular weight excluding hydrogens is 372 g/mol. The topological polar surface area (TPSA) is 103 Å². The minimum atomic E-state index is -3.68. The second-order valence-corrected chi connectivity index (χ2v) is 8.83. The van der Waals surface area contributed by atoms with E-state index in [9.17, 15) is 18.0 Å². The fourth-order valence-electron chi connectivity index (χ4n) is 3.11. The third kappa shape index (κ3) is 4.22. The van der Waals surface area contributed by atoms with E-state index < -0.39 is 21.7 Å². The van der Waals surface area contributed by atoms with Gasteiger partial charge in [-0.15, -0.1) is 5.10 Å². The zero-order chi connectivity index (χ0) is 19.6. The second-order valence-electron chi connectivity index (χ2n) is 6.89. The number of sulfonamides is 1. The molecule has 2 aromatic heterocycles. The number of ether oxygens (including phenoxy) is 1. The summed E-state index contributed by atoms with van der Waals surface area (Å²) in [6, 6.07) is 2.91. The van der Waals surface area contributed by atoms with Crippen LogP contribution < -0.4 is 5.69 Å². The fourth-order valence-corrected chi connectivity index (χ4v) is 4.62. The van der Waals surface area contributed by atoms with Crippen LogP contribution in [0.4, 0.5) is 0 Å². The zero-order valence-corrected chi connectivity index (χ0v) is 16.3. The summed E-state index contributed by atoms with van der Waals surface area (Å²) < 4.78 is 34.4.